The maximum absolute atomic E-state index is 5.26. The van der Waals surface area contributed by atoms with Crippen molar-refractivity contribution >= 4 is 11.0 Å². The highest BCUT2D eigenvalue weighted by molar-refractivity contribution is 5.89. The molecule has 0 bridgehead atoms. The Morgan fingerprint density at radius 3 is 2.27 bits per heavy atom. The van der Waals surface area contributed by atoms with Gasteiger partial charge in [-0.05, 0) is 36.8 Å². The zero-order valence-electron chi connectivity index (χ0n) is 16.8. The first kappa shape index (κ1) is 18.1. The second-order valence-corrected chi connectivity index (χ2v) is 7.04. The van der Waals surface area contributed by atoms with Crippen molar-refractivity contribution in [2.75, 3.05) is 7.11 Å². The van der Waals surface area contributed by atoms with Gasteiger partial charge in [0.05, 0.1) is 41.4 Å². The second kappa shape index (κ2) is 7.44. The molecule has 2 heterocycles. The Bertz CT molecular complexity index is 1330. The number of ether oxygens (including phenoxy) is 1. The number of methoxy groups -OCH3 is 1. The summed E-state index contributed by atoms with van der Waals surface area (Å²) >= 11 is 0. The third-order valence-corrected chi connectivity index (χ3v) is 5.13. The number of benzene rings is 3. The minimum atomic E-state index is 0.500. The van der Waals surface area contributed by atoms with Gasteiger partial charge in [0.1, 0.15) is 0 Å². The van der Waals surface area contributed by atoms with Crippen LogP contribution in [0, 0.1) is 6.92 Å². The highest BCUT2D eigenvalue weighted by Crippen LogP contribution is 2.37. The van der Waals surface area contributed by atoms with Gasteiger partial charge >= 0.3 is 0 Å². The second-order valence-electron chi connectivity index (χ2n) is 7.04. The zero-order valence-corrected chi connectivity index (χ0v) is 16.8. The van der Waals surface area contributed by atoms with E-state index < -0.39 is 0 Å². The van der Waals surface area contributed by atoms with Crippen LogP contribution in [0.15, 0.2) is 85.1 Å². The maximum atomic E-state index is 5.26. The average molecular weight is 392 g/mol. The Balaban J connectivity index is 1.78. The average Bonchev–Trinajstić information content (AvgIpc) is 3.16. The highest BCUT2D eigenvalue weighted by Gasteiger charge is 2.20. The molecule has 0 radical (unpaired) electrons. The lowest BCUT2D eigenvalue weighted by molar-refractivity contribution is 0.397. The number of fused-ring (bicyclic) bond motifs is 1. The SMILES string of the molecule is COc1cnc2ccc(-c3c(C)nn(-c4ccccc4)c3-c3ccccc3)cc2n1. The number of hydrogen-bond donors (Lipinski definition) is 0. The van der Waals surface area contributed by atoms with E-state index in [1.807, 2.05) is 54.1 Å². The number of aryl methyl sites for hydroxylation is 1. The van der Waals surface area contributed by atoms with Crippen LogP contribution in [0.2, 0.25) is 0 Å². The fraction of sp³-hybridized carbons (Fsp3) is 0.0800. The molecule has 0 aliphatic heterocycles. The van der Waals surface area contributed by atoms with Crippen molar-refractivity contribution in [1.29, 1.82) is 0 Å². The van der Waals surface area contributed by atoms with Gasteiger partial charge in [-0.3, -0.25) is 0 Å². The third-order valence-electron chi connectivity index (χ3n) is 5.13. The van der Waals surface area contributed by atoms with E-state index in [-0.39, 0.29) is 0 Å². The standard InChI is InChI=1S/C25H20N4O/c1-17-24(19-13-14-21-22(15-19)27-23(30-2)16-26-21)25(18-9-5-3-6-10-18)29(28-17)20-11-7-4-8-12-20/h3-16H,1-2H3. The van der Waals surface area contributed by atoms with E-state index in [0.717, 1.165) is 44.8 Å². The molecule has 0 amide bonds. The van der Waals surface area contributed by atoms with Gasteiger partial charge in [0, 0.05) is 11.1 Å². The van der Waals surface area contributed by atoms with E-state index in [1.54, 1.807) is 13.3 Å². The largest absolute Gasteiger partial charge is 0.480 e. The van der Waals surface area contributed by atoms with Gasteiger partial charge in [0.25, 0.3) is 0 Å². The van der Waals surface area contributed by atoms with Crippen LogP contribution >= 0.6 is 0 Å². The maximum Gasteiger partial charge on any atom is 0.232 e. The molecule has 5 aromatic rings. The summed E-state index contributed by atoms with van der Waals surface area (Å²) in [6, 6.07) is 26.7. The van der Waals surface area contributed by atoms with Crippen molar-refractivity contribution in [3.8, 4) is 34.0 Å². The lowest BCUT2D eigenvalue weighted by Crippen LogP contribution is -1.99. The van der Waals surface area contributed by atoms with Crippen molar-refractivity contribution in [3.05, 3.63) is 90.8 Å². The number of aromatic nitrogens is 4. The first-order valence-corrected chi connectivity index (χ1v) is 9.76. The Morgan fingerprint density at radius 1 is 0.800 bits per heavy atom. The molecule has 5 nitrogen and oxygen atoms in total. The van der Waals surface area contributed by atoms with Gasteiger partial charge < -0.3 is 4.74 Å². The first-order valence-electron chi connectivity index (χ1n) is 9.76. The summed E-state index contributed by atoms with van der Waals surface area (Å²) in [5.74, 6) is 0.500. The minimum Gasteiger partial charge on any atom is -0.480 e. The lowest BCUT2D eigenvalue weighted by atomic mass is 9.98. The van der Waals surface area contributed by atoms with Crippen LogP contribution in [0.1, 0.15) is 5.69 Å². The molecule has 0 atom stereocenters. The zero-order chi connectivity index (χ0) is 20.5. The van der Waals surface area contributed by atoms with Crippen LogP contribution in [-0.4, -0.2) is 26.9 Å². The molecular weight excluding hydrogens is 372 g/mol. The van der Waals surface area contributed by atoms with E-state index in [4.69, 9.17) is 9.84 Å². The quantitative estimate of drug-likeness (QED) is 0.407. The van der Waals surface area contributed by atoms with Crippen LogP contribution in [0.5, 0.6) is 5.88 Å². The van der Waals surface area contributed by atoms with E-state index in [0.29, 0.717) is 5.88 Å². The van der Waals surface area contributed by atoms with E-state index in [2.05, 4.69) is 46.4 Å². The topological polar surface area (TPSA) is 52.8 Å². The predicted octanol–water partition coefficient (Wildman–Crippen LogP) is 5.47. The molecule has 0 fully saturated rings. The molecule has 0 unspecified atom stereocenters. The third kappa shape index (κ3) is 3.10. The van der Waals surface area contributed by atoms with Crippen LogP contribution in [0.3, 0.4) is 0 Å². The molecule has 0 N–H and O–H groups in total. The summed E-state index contributed by atoms with van der Waals surface area (Å²) in [4.78, 5) is 9.00. The van der Waals surface area contributed by atoms with Crippen molar-refractivity contribution < 1.29 is 4.74 Å². The van der Waals surface area contributed by atoms with Crippen LogP contribution in [0.25, 0.3) is 39.1 Å². The monoisotopic (exact) mass is 392 g/mol. The van der Waals surface area contributed by atoms with Crippen molar-refractivity contribution in [1.82, 2.24) is 19.7 Å². The Labute approximate surface area is 174 Å². The Kier molecular flexibility index (Phi) is 4.48. The normalized spacial score (nSPS) is 11.0. The summed E-state index contributed by atoms with van der Waals surface area (Å²) in [6.07, 6.45) is 1.64. The molecule has 3 aromatic carbocycles. The highest BCUT2D eigenvalue weighted by atomic mass is 16.5. The Morgan fingerprint density at radius 2 is 1.53 bits per heavy atom. The van der Waals surface area contributed by atoms with Gasteiger partial charge in [0.2, 0.25) is 5.88 Å². The van der Waals surface area contributed by atoms with E-state index >= 15 is 0 Å². The van der Waals surface area contributed by atoms with Gasteiger partial charge in [-0.2, -0.15) is 5.10 Å². The molecule has 0 saturated heterocycles. The van der Waals surface area contributed by atoms with Gasteiger partial charge in [0.15, 0.2) is 0 Å². The minimum absolute atomic E-state index is 0.500. The number of hydrogen-bond acceptors (Lipinski definition) is 4. The lowest BCUT2D eigenvalue weighted by Gasteiger charge is -2.11. The molecule has 0 spiro atoms. The summed E-state index contributed by atoms with van der Waals surface area (Å²) in [5, 5.41) is 4.90. The summed E-state index contributed by atoms with van der Waals surface area (Å²) in [7, 11) is 1.60. The first-order chi connectivity index (χ1) is 14.7. The fourth-order valence-electron chi connectivity index (χ4n) is 3.74. The number of nitrogens with zero attached hydrogens (tertiary/aromatic N) is 4. The van der Waals surface area contributed by atoms with Gasteiger partial charge in [-0.25, -0.2) is 14.6 Å². The van der Waals surface area contributed by atoms with Crippen LogP contribution in [-0.2, 0) is 0 Å². The van der Waals surface area contributed by atoms with E-state index in [9.17, 15) is 0 Å². The molecule has 2 aromatic heterocycles. The van der Waals surface area contributed by atoms with Crippen molar-refractivity contribution in [2.45, 2.75) is 6.92 Å². The molecule has 0 aliphatic carbocycles. The van der Waals surface area contributed by atoms with Crippen molar-refractivity contribution in [3.63, 3.8) is 0 Å². The Hall–Kier alpha value is -3.99. The molecular formula is C25H20N4O. The molecule has 5 heteroatoms. The number of para-hydroxylation sites is 1. The van der Waals surface area contributed by atoms with E-state index in [1.165, 1.54) is 0 Å². The van der Waals surface area contributed by atoms with Crippen LogP contribution < -0.4 is 4.74 Å². The van der Waals surface area contributed by atoms with Crippen LogP contribution in [0.4, 0.5) is 0 Å². The summed E-state index contributed by atoms with van der Waals surface area (Å²) < 4.78 is 7.27. The van der Waals surface area contributed by atoms with Gasteiger partial charge in [-0.1, -0.05) is 54.6 Å². The number of rotatable bonds is 4. The summed E-state index contributed by atoms with van der Waals surface area (Å²) in [5.41, 5.74) is 7.87. The molecule has 0 saturated carbocycles. The predicted molar refractivity (Wildman–Crippen MR) is 119 cm³/mol. The fourth-order valence-corrected chi connectivity index (χ4v) is 3.74. The molecule has 30 heavy (non-hydrogen) atoms. The molecule has 5 rings (SSSR count). The molecule has 0 aliphatic rings. The summed E-state index contributed by atoms with van der Waals surface area (Å²) in [6.45, 7) is 2.04. The van der Waals surface area contributed by atoms with Crippen molar-refractivity contribution in [2.24, 2.45) is 0 Å². The van der Waals surface area contributed by atoms with Gasteiger partial charge in [-0.15, -0.1) is 0 Å². The molecule has 146 valence electrons. The smallest absolute Gasteiger partial charge is 0.232 e.